The zero-order valence-electron chi connectivity index (χ0n) is 19.2. The number of imidazole rings is 1. The summed E-state index contributed by atoms with van der Waals surface area (Å²) in [6.45, 7) is 9.18. The molecule has 180 valence electrons. The fraction of sp³-hybridized carbons (Fsp3) is 0.458. The molecular weight excluding hydrogens is 453 g/mol. The fourth-order valence-electron chi connectivity index (χ4n) is 5.41. The van der Waals surface area contributed by atoms with Gasteiger partial charge in [0.25, 0.3) is 0 Å². The predicted molar refractivity (Wildman–Crippen MR) is 128 cm³/mol. The molecule has 3 aromatic rings. The van der Waals surface area contributed by atoms with Crippen LogP contribution in [0.3, 0.4) is 0 Å². The Morgan fingerprint density at radius 1 is 1.03 bits per heavy atom. The zero-order chi connectivity index (χ0) is 23.3. The number of benzene rings is 2. The molecule has 0 saturated heterocycles. The lowest BCUT2D eigenvalue weighted by atomic mass is 9.63. The van der Waals surface area contributed by atoms with Crippen LogP contribution in [0.15, 0.2) is 42.5 Å². The van der Waals surface area contributed by atoms with Gasteiger partial charge in [-0.15, -0.1) is 25.6 Å². The second-order valence-electron chi connectivity index (χ2n) is 10.3. The maximum absolute atomic E-state index is 12.5. The number of hydrogen-bond donors (Lipinski definition) is 2. The Bertz CT molecular complexity index is 1110. The maximum atomic E-state index is 12.5. The first-order valence-corrected chi connectivity index (χ1v) is 10.7. The lowest BCUT2D eigenvalue weighted by Gasteiger charge is -2.45. The van der Waals surface area contributed by atoms with Crippen LogP contribution in [0.4, 0.5) is 30.5 Å². The number of halogens is 4. The monoisotopic (exact) mass is 482 g/mol. The van der Waals surface area contributed by atoms with E-state index in [0.717, 1.165) is 30.3 Å². The molecule has 0 radical (unpaired) electrons. The van der Waals surface area contributed by atoms with Crippen LogP contribution < -0.4 is 15.8 Å². The van der Waals surface area contributed by atoms with Gasteiger partial charge < -0.3 is 20.4 Å². The largest absolute Gasteiger partial charge is 0.573 e. The molecular formula is C24H30ClF3N4O. The number of anilines is 3. The van der Waals surface area contributed by atoms with Crippen LogP contribution >= 0.6 is 12.4 Å². The first kappa shape index (κ1) is 25.0. The number of fused-ring (bicyclic) bond motifs is 1. The number of aromatic nitrogens is 2. The van der Waals surface area contributed by atoms with Crippen molar-refractivity contribution >= 4 is 40.8 Å². The molecule has 3 N–H and O–H groups in total. The van der Waals surface area contributed by atoms with Crippen LogP contribution in [-0.4, -0.2) is 15.9 Å². The van der Waals surface area contributed by atoms with Crippen LogP contribution in [0.1, 0.15) is 53.0 Å². The van der Waals surface area contributed by atoms with Gasteiger partial charge in [0.15, 0.2) is 0 Å². The van der Waals surface area contributed by atoms with Crippen molar-refractivity contribution in [3.63, 3.8) is 0 Å². The van der Waals surface area contributed by atoms with Gasteiger partial charge in [0.1, 0.15) is 5.75 Å². The van der Waals surface area contributed by atoms with Crippen molar-refractivity contribution in [2.24, 2.45) is 10.8 Å². The molecule has 1 heterocycles. The standard InChI is InChI=1S/C24H29F3N4O.ClH/c1-22(2)12-17(13-23(3,4)14-22)31-20-10-5-15(28)11-19(20)30-21(31)29-16-6-8-18(9-7-16)32-24(25,26)27;/h5-11,17H,12-14,28H2,1-4H3,(H,29,30);1H. The smallest absolute Gasteiger partial charge is 0.406 e. The molecule has 5 nitrogen and oxygen atoms in total. The molecule has 1 saturated carbocycles. The second-order valence-corrected chi connectivity index (χ2v) is 10.3. The number of nitrogens with two attached hydrogens (primary N) is 1. The lowest BCUT2D eigenvalue weighted by molar-refractivity contribution is -0.274. The Hall–Kier alpha value is -2.61. The number of nitrogens with one attached hydrogen (secondary N) is 1. The van der Waals surface area contributed by atoms with Crippen molar-refractivity contribution < 1.29 is 17.9 Å². The summed E-state index contributed by atoms with van der Waals surface area (Å²) in [6, 6.07) is 11.6. The highest BCUT2D eigenvalue weighted by Gasteiger charge is 2.40. The third kappa shape index (κ3) is 5.85. The third-order valence-electron chi connectivity index (χ3n) is 5.96. The van der Waals surface area contributed by atoms with Gasteiger partial charge in [-0.2, -0.15) is 0 Å². The summed E-state index contributed by atoms with van der Waals surface area (Å²) in [5.41, 5.74) is 9.36. The van der Waals surface area contributed by atoms with E-state index in [1.54, 1.807) is 12.1 Å². The molecule has 0 unspecified atom stereocenters. The first-order valence-electron chi connectivity index (χ1n) is 10.7. The van der Waals surface area contributed by atoms with Gasteiger partial charge >= 0.3 is 6.36 Å². The van der Waals surface area contributed by atoms with Crippen molar-refractivity contribution in [2.45, 2.75) is 59.4 Å². The summed E-state index contributed by atoms with van der Waals surface area (Å²) < 4.78 is 43.6. The van der Waals surface area contributed by atoms with E-state index in [4.69, 9.17) is 10.7 Å². The van der Waals surface area contributed by atoms with Crippen molar-refractivity contribution in [3.05, 3.63) is 42.5 Å². The third-order valence-corrected chi connectivity index (χ3v) is 5.96. The number of alkyl halides is 3. The van der Waals surface area contributed by atoms with E-state index in [1.807, 2.05) is 18.2 Å². The van der Waals surface area contributed by atoms with E-state index in [2.05, 4.69) is 42.3 Å². The highest BCUT2D eigenvalue weighted by atomic mass is 35.5. The van der Waals surface area contributed by atoms with Gasteiger partial charge in [-0.3, -0.25) is 0 Å². The Morgan fingerprint density at radius 2 is 1.64 bits per heavy atom. The van der Waals surface area contributed by atoms with Gasteiger partial charge in [0.05, 0.1) is 11.0 Å². The van der Waals surface area contributed by atoms with E-state index in [9.17, 15) is 13.2 Å². The molecule has 1 aliphatic carbocycles. The van der Waals surface area contributed by atoms with E-state index in [0.29, 0.717) is 17.3 Å². The van der Waals surface area contributed by atoms with Gasteiger partial charge in [0.2, 0.25) is 5.95 Å². The fourth-order valence-corrected chi connectivity index (χ4v) is 5.41. The summed E-state index contributed by atoms with van der Waals surface area (Å²) in [7, 11) is 0. The van der Waals surface area contributed by atoms with Gasteiger partial charge in [0, 0.05) is 17.4 Å². The van der Waals surface area contributed by atoms with E-state index in [1.165, 1.54) is 12.1 Å². The minimum Gasteiger partial charge on any atom is -0.406 e. The molecule has 1 aliphatic rings. The number of nitrogens with zero attached hydrogens (tertiary/aromatic N) is 2. The van der Waals surface area contributed by atoms with E-state index < -0.39 is 6.36 Å². The SMILES string of the molecule is CC1(C)CC(n2c(Nc3ccc(OC(F)(F)F)cc3)nc3cc(N)ccc32)CC(C)(C)C1.Cl. The van der Waals surface area contributed by atoms with Crippen LogP contribution in [0, 0.1) is 10.8 Å². The molecule has 0 spiro atoms. The maximum Gasteiger partial charge on any atom is 0.573 e. The molecule has 0 amide bonds. The summed E-state index contributed by atoms with van der Waals surface area (Å²) in [6.07, 6.45) is -1.58. The highest BCUT2D eigenvalue weighted by molar-refractivity contribution is 5.85. The first-order chi connectivity index (χ1) is 14.8. The quantitative estimate of drug-likeness (QED) is 0.379. The van der Waals surface area contributed by atoms with E-state index in [-0.39, 0.29) is 35.0 Å². The Morgan fingerprint density at radius 3 is 2.21 bits per heavy atom. The van der Waals surface area contributed by atoms with Crippen LogP contribution in [0.5, 0.6) is 5.75 Å². The number of ether oxygens (including phenoxy) is 1. The van der Waals surface area contributed by atoms with Crippen molar-refractivity contribution in [3.8, 4) is 5.75 Å². The lowest BCUT2D eigenvalue weighted by Crippen LogP contribution is -2.35. The van der Waals surface area contributed by atoms with E-state index >= 15 is 0 Å². The summed E-state index contributed by atoms with van der Waals surface area (Å²) in [5.74, 6) is 0.383. The van der Waals surface area contributed by atoms with Gasteiger partial charge in [-0.1, -0.05) is 27.7 Å². The molecule has 1 aromatic heterocycles. The van der Waals surface area contributed by atoms with Crippen molar-refractivity contribution in [1.29, 1.82) is 0 Å². The average molecular weight is 483 g/mol. The number of hydrogen-bond acceptors (Lipinski definition) is 4. The van der Waals surface area contributed by atoms with Crippen LogP contribution in [0.2, 0.25) is 0 Å². The number of rotatable bonds is 4. The summed E-state index contributed by atoms with van der Waals surface area (Å²) in [4.78, 5) is 4.78. The molecule has 0 atom stereocenters. The van der Waals surface area contributed by atoms with Gasteiger partial charge in [-0.25, -0.2) is 4.98 Å². The zero-order valence-corrected chi connectivity index (χ0v) is 20.0. The number of nitrogen functional groups attached to an aromatic ring is 1. The molecule has 9 heteroatoms. The molecule has 0 bridgehead atoms. The average Bonchev–Trinajstić information content (AvgIpc) is 2.96. The Kier molecular flexibility index (Phi) is 6.54. The molecule has 0 aliphatic heterocycles. The minimum absolute atomic E-state index is 0. The molecule has 1 fully saturated rings. The normalized spacial score (nSPS) is 18.0. The highest BCUT2D eigenvalue weighted by Crippen LogP contribution is 2.51. The molecule has 33 heavy (non-hydrogen) atoms. The minimum atomic E-state index is -4.72. The van der Waals surface area contributed by atoms with Gasteiger partial charge in [-0.05, 0) is 72.6 Å². The molecule has 4 rings (SSSR count). The Balaban J connectivity index is 0.00000306. The molecule has 2 aromatic carbocycles. The topological polar surface area (TPSA) is 65.1 Å². The van der Waals surface area contributed by atoms with Crippen LogP contribution in [-0.2, 0) is 0 Å². The predicted octanol–water partition coefficient (Wildman–Crippen LogP) is 7.46. The summed E-state index contributed by atoms with van der Waals surface area (Å²) >= 11 is 0. The summed E-state index contributed by atoms with van der Waals surface area (Å²) in [5, 5.41) is 3.30. The van der Waals surface area contributed by atoms with Crippen molar-refractivity contribution in [2.75, 3.05) is 11.1 Å². The Labute approximate surface area is 197 Å². The van der Waals surface area contributed by atoms with Crippen molar-refractivity contribution in [1.82, 2.24) is 9.55 Å². The van der Waals surface area contributed by atoms with Crippen LogP contribution in [0.25, 0.3) is 11.0 Å². The second kappa shape index (κ2) is 8.63.